The normalized spacial score (nSPS) is 11.8. The third kappa shape index (κ3) is 3.66. The number of hydrogen-bond acceptors (Lipinski definition) is 3. The lowest BCUT2D eigenvalue weighted by atomic mass is 10.0. The van der Waals surface area contributed by atoms with E-state index in [4.69, 9.17) is 9.47 Å². The fourth-order valence-electron chi connectivity index (χ4n) is 2.23. The van der Waals surface area contributed by atoms with E-state index in [1.807, 2.05) is 18.2 Å². The highest BCUT2D eigenvalue weighted by Crippen LogP contribution is 2.32. The maximum atomic E-state index is 13.0. The number of anilines is 1. The van der Waals surface area contributed by atoms with Crippen LogP contribution < -0.4 is 14.8 Å². The molecule has 2 rings (SSSR count). The van der Waals surface area contributed by atoms with Crippen molar-refractivity contribution in [3.8, 4) is 11.5 Å². The topological polar surface area (TPSA) is 30.5 Å². The van der Waals surface area contributed by atoms with Gasteiger partial charge in [-0.25, -0.2) is 4.39 Å². The second-order valence-electron chi connectivity index (χ2n) is 4.72. The number of benzene rings is 2. The molecule has 3 nitrogen and oxygen atoms in total. The van der Waals surface area contributed by atoms with Crippen LogP contribution in [0.4, 0.5) is 10.1 Å². The zero-order valence-corrected chi connectivity index (χ0v) is 12.5. The van der Waals surface area contributed by atoms with E-state index in [-0.39, 0.29) is 11.9 Å². The summed E-state index contributed by atoms with van der Waals surface area (Å²) >= 11 is 0. The van der Waals surface area contributed by atoms with E-state index in [2.05, 4.69) is 12.2 Å². The zero-order valence-electron chi connectivity index (χ0n) is 12.5. The quantitative estimate of drug-likeness (QED) is 0.854. The van der Waals surface area contributed by atoms with E-state index < -0.39 is 0 Å². The van der Waals surface area contributed by atoms with Crippen molar-refractivity contribution in [2.75, 3.05) is 19.5 Å². The maximum absolute atomic E-state index is 13.0. The summed E-state index contributed by atoms with van der Waals surface area (Å²) in [5.74, 6) is 1.27. The molecule has 0 bridgehead atoms. The molecule has 0 fully saturated rings. The molecule has 1 unspecified atom stereocenters. The lowest BCUT2D eigenvalue weighted by molar-refractivity contribution is 0.404. The van der Waals surface area contributed by atoms with Gasteiger partial charge >= 0.3 is 0 Å². The molecule has 0 aromatic heterocycles. The van der Waals surface area contributed by atoms with Gasteiger partial charge in [0, 0.05) is 6.07 Å². The van der Waals surface area contributed by atoms with Gasteiger partial charge in [-0.15, -0.1) is 0 Å². The Hall–Kier alpha value is -2.23. The first-order chi connectivity index (χ1) is 10.2. The highest BCUT2D eigenvalue weighted by atomic mass is 19.1. The Bertz CT molecular complexity index is 584. The van der Waals surface area contributed by atoms with Crippen molar-refractivity contribution < 1.29 is 13.9 Å². The summed E-state index contributed by atoms with van der Waals surface area (Å²) in [6.07, 6.45) is 0.867. The fraction of sp³-hybridized carbons (Fsp3) is 0.294. The third-order valence-corrected chi connectivity index (χ3v) is 3.42. The van der Waals surface area contributed by atoms with Crippen molar-refractivity contribution in [2.45, 2.75) is 19.4 Å². The lowest BCUT2D eigenvalue weighted by Crippen LogP contribution is -2.10. The van der Waals surface area contributed by atoms with Gasteiger partial charge in [0.1, 0.15) is 17.3 Å². The molecule has 2 aromatic rings. The van der Waals surface area contributed by atoms with Gasteiger partial charge in [-0.3, -0.25) is 0 Å². The molecule has 0 aliphatic rings. The van der Waals surface area contributed by atoms with E-state index in [1.54, 1.807) is 26.4 Å². The van der Waals surface area contributed by atoms with E-state index in [9.17, 15) is 4.39 Å². The van der Waals surface area contributed by atoms with Crippen molar-refractivity contribution in [1.29, 1.82) is 0 Å². The molecule has 0 saturated carbocycles. The number of nitrogens with one attached hydrogen (secondary N) is 1. The minimum absolute atomic E-state index is 0.0756. The van der Waals surface area contributed by atoms with Crippen LogP contribution in [-0.4, -0.2) is 14.2 Å². The largest absolute Gasteiger partial charge is 0.497 e. The first-order valence-corrected chi connectivity index (χ1v) is 6.92. The van der Waals surface area contributed by atoms with Gasteiger partial charge in [-0.2, -0.15) is 0 Å². The summed E-state index contributed by atoms with van der Waals surface area (Å²) in [7, 11) is 3.26. The van der Waals surface area contributed by atoms with Crippen molar-refractivity contribution in [3.63, 3.8) is 0 Å². The van der Waals surface area contributed by atoms with Crippen LogP contribution in [0.5, 0.6) is 11.5 Å². The maximum Gasteiger partial charge on any atom is 0.142 e. The third-order valence-electron chi connectivity index (χ3n) is 3.42. The van der Waals surface area contributed by atoms with Gasteiger partial charge in [0.15, 0.2) is 0 Å². The van der Waals surface area contributed by atoms with Crippen molar-refractivity contribution >= 4 is 5.69 Å². The van der Waals surface area contributed by atoms with Gasteiger partial charge in [0.25, 0.3) is 0 Å². The van der Waals surface area contributed by atoms with Gasteiger partial charge < -0.3 is 14.8 Å². The first kappa shape index (κ1) is 15.2. The Balaban J connectivity index is 2.27. The number of ether oxygens (including phenoxy) is 2. The fourth-order valence-corrected chi connectivity index (χ4v) is 2.23. The first-order valence-electron chi connectivity index (χ1n) is 6.92. The van der Waals surface area contributed by atoms with Crippen molar-refractivity contribution in [2.24, 2.45) is 0 Å². The number of halogens is 1. The average Bonchev–Trinajstić information content (AvgIpc) is 2.53. The minimum atomic E-state index is -0.229. The van der Waals surface area contributed by atoms with Crippen LogP contribution in [0.15, 0.2) is 42.5 Å². The molecule has 0 amide bonds. The molecule has 2 aromatic carbocycles. The van der Waals surface area contributed by atoms with Gasteiger partial charge in [-0.05, 0) is 36.2 Å². The van der Waals surface area contributed by atoms with Crippen LogP contribution in [0.2, 0.25) is 0 Å². The Morgan fingerprint density at radius 2 is 1.76 bits per heavy atom. The molecule has 0 radical (unpaired) electrons. The molecule has 0 saturated heterocycles. The summed E-state index contributed by atoms with van der Waals surface area (Å²) in [5.41, 5.74) is 1.89. The predicted molar refractivity (Wildman–Crippen MR) is 82.6 cm³/mol. The van der Waals surface area contributed by atoms with Crippen LogP contribution in [0.25, 0.3) is 0 Å². The Labute approximate surface area is 124 Å². The van der Waals surface area contributed by atoms with E-state index in [0.717, 1.165) is 29.2 Å². The molecule has 112 valence electrons. The number of rotatable bonds is 6. The summed E-state index contributed by atoms with van der Waals surface area (Å²) in [5, 5.41) is 3.43. The van der Waals surface area contributed by atoms with E-state index in [1.165, 1.54) is 12.1 Å². The monoisotopic (exact) mass is 289 g/mol. The van der Waals surface area contributed by atoms with Crippen LogP contribution in [0, 0.1) is 5.82 Å². The van der Waals surface area contributed by atoms with E-state index >= 15 is 0 Å². The lowest BCUT2D eigenvalue weighted by Gasteiger charge is -2.21. The molecule has 4 heteroatoms. The van der Waals surface area contributed by atoms with Crippen LogP contribution >= 0.6 is 0 Å². The molecular formula is C17H20FNO2. The summed E-state index contributed by atoms with van der Waals surface area (Å²) in [4.78, 5) is 0. The van der Waals surface area contributed by atoms with Crippen molar-refractivity contribution in [3.05, 3.63) is 53.8 Å². The molecule has 0 aliphatic carbocycles. The highest BCUT2D eigenvalue weighted by molar-refractivity contribution is 5.60. The smallest absolute Gasteiger partial charge is 0.142 e. The predicted octanol–water partition coefficient (Wildman–Crippen LogP) is 4.41. The summed E-state index contributed by atoms with van der Waals surface area (Å²) in [6, 6.07) is 12.2. The number of methoxy groups -OCH3 is 2. The molecule has 0 heterocycles. The molecule has 1 atom stereocenters. The van der Waals surface area contributed by atoms with Gasteiger partial charge in [0.05, 0.1) is 25.9 Å². The van der Waals surface area contributed by atoms with Crippen LogP contribution in [0.1, 0.15) is 24.9 Å². The van der Waals surface area contributed by atoms with Gasteiger partial charge in [-0.1, -0.05) is 19.1 Å². The average molecular weight is 289 g/mol. The number of hydrogen-bond donors (Lipinski definition) is 1. The Kier molecular flexibility index (Phi) is 5.04. The molecule has 0 aliphatic heterocycles. The van der Waals surface area contributed by atoms with Gasteiger partial charge in [0.2, 0.25) is 0 Å². The second-order valence-corrected chi connectivity index (χ2v) is 4.72. The molecule has 0 spiro atoms. The van der Waals surface area contributed by atoms with E-state index in [0.29, 0.717) is 0 Å². The summed E-state index contributed by atoms with van der Waals surface area (Å²) in [6.45, 7) is 2.08. The standard InChI is InChI=1S/C17H20FNO2/c1-4-15(12-5-7-13(18)8-6-12)19-16-11-14(20-2)9-10-17(16)21-3/h5-11,15,19H,4H2,1-3H3. The SMILES string of the molecule is CCC(Nc1cc(OC)ccc1OC)c1ccc(F)cc1. The Morgan fingerprint density at radius 3 is 2.33 bits per heavy atom. The molecule has 1 N–H and O–H groups in total. The van der Waals surface area contributed by atoms with Crippen LogP contribution in [0.3, 0.4) is 0 Å². The Morgan fingerprint density at radius 1 is 1.05 bits per heavy atom. The minimum Gasteiger partial charge on any atom is -0.497 e. The second kappa shape index (κ2) is 6.97. The molecular weight excluding hydrogens is 269 g/mol. The molecule has 21 heavy (non-hydrogen) atoms. The van der Waals surface area contributed by atoms with Crippen LogP contribution in [-0.2, 0) is 0 Å². The highest BCUT2D eigenvalue weighted by Gasteiger charge is 2.13. The summed E-state index contributed by atoms with van der Waals surface area (Å²) < 4.78 is 23.7. The zero-order chi connectivity index (χ0) is 15.2. The van der Waals surface area contributed by atoms with Crippen molar-refractivity contribution in [1.82, 2.24) is 0 Å².